The number of nitrogens with zero attached hydrogens (tertiary/aromatic N) is 1. The Morgan fingerprint density at radius 2 is 1.54 bits per heavy atom. The summed E-state index contributed by atoms with van der Waals surface area (Å²) in [5.41, 5.74) is 1.19. The van der Waals surface area contributed by atoms with E-state index >= 15 is 0 Å². The van der Waals surface area contributed by atoms with Gasteiger partial charge in [-0.15, -0.1) is 11.8 Å². The van der Waals surface area contributed by atoms with Crippen LogP contribution in [0, 0.1) is 13.7 Å². The number of carbonyl (C=O) groups excluding carboxylic acids is 3. The summed E-state index contributed by atoms with van der Waals surface area (Å²) >= 11 is 3.48. The van der Waals surface area contributed by atoms with E-state index < -0.39 is 16.7 Å². The number of halogens is 1. The molecule has 206 valence electrons. The van der Waals surface area contributed by atoms with E-state index in [-0.39, 0.29) is 28.6 Å². The lowest BCUT2D eigenvalue weighted by Crippen LogP contribution is -2.30. The van der Waals surface area contributed by atoms with Crippen LogP contribution in [0.5, 0.6) is 0 Å². The lowest BCUT2D eigenvalue weighted by Gasteiger charge is -2.12. The zero-order valence-corrected chi connectivity index (χ0v) is 24.3. The molecule has 0 aliphatic carbocycles. The highest BCUT2D eigenvalue weighted by Crippen LogP contribution is 2.24. The van der Waals surface area contributed by atoms with E-state index in [0.29, 0.717) is 16.9 Å². The van der Waals surface area contributed by atoms with Crippen molar-refractivity contribution in [2.75, 3.05) is 16.4 Å². The number of nitro benzene ring substituents is 1. The van der Waals surface area contributed by atoms with Crippen molar-refractivity contribution >= 4 is 75.2 Å². The van der Waals surface area contributed by atoms with Gasteiger partial charge in [0, 0.05) is 31.5 Å². The van der Waals surface area contributed by atoms with Gasteiger partial charge in [-0.1, -0.05) is 36.4 Å². The molecule has 0 aliphatic heterocycles. The summed E-state index contributed by atoms with van der Waals surface area (Å²) in [4.78, 5) is 50.3. The minimum atomic E-state index is -0.675. The van der Waals surface area contributed by atoms with Crippen molar-refractivity contribution in [1.82, 2.24) is 5.32 Å². The third kappa shape index (κ3) is 8.75. The van der Waals surface area contributed by atoms with E-state index in [1.165, 1.54) is 36.0 Å². The second-order valence-corrected chi connectivity index (χ2v) is 10.8. The smallest absolute Gasteiger partial charge is 0.276 e. The number of amides is 3. The van der Waals surface area contributed by atoms with Gasteiger partial charge < -0.3 is 16.0 Å². The average molecular weight is 679 g/mol. The normalized spacial score (nSPS) is 10.9. The summed E-state index contributed by atoms with van der Waals surface area (Å²) in [5.74, 6) is -1.25. The van der Waals surface area contributed by atoms with Crippen LogP contribution in [0.15, 0.2) is 114 Å². The second kappa shape index (κ2) is 14.2. The van der Waals surface area contributed by atoms with Gasteiger partial charge in [0.1, 0.15) is 5.70 Å². The molecule has 0 radical (unpaired) electrons. The Labute approximate surface area is 253 Å². The first kappa shape index (κ1) is 29.5. The molecule has 0 spiro atoms. The summed E-state index contributed by atoms with van der Waals surface area (Å²) in [7, 11) is 0. The number of nitro groups is 1. The third-order valence-electron chi connectivity index (χ3n) is 5.55. The highest BCUT2D eigenvalue weighted by molar-refractivity contribution is 14.1. The zero-order chi connectivity index (χ0) is 29.2. The van der Waals surface area contributed by atoms with Gasteiger partial charge in [-0.2, -0.15) is 0 Å². The van der Waals surface area contributed by atoms with Crippen LogP contribution in [0.4, 0.5) is 17.1 Å². The molecule has 11 heteroatoms. The summed E-state index contributed by atoms with van der Waals surface area (Å²) in [6.07, 6.45) is 1.27. The molecule has 4 aromatic rings. The van der Waals surface area contributed by atoms with Gasteiger partial charge >= 0.3 is 0 Å². The number of thioether (sulfide) groups is 1. The minimum absolute atomic E-state index is 0.152. The van der Waals surface area contributed by atoms with Crippen LogP contribution in [0.1, 0.15) is 15.9 Å². The molecular formula is C30H23IN4O5S. The van der Waals surface area contributed by atoms with Crippen LogP contribution in [0.2, 0.25) is 0 Å². The fraction of sp³-hybridized carbons (Fsp3) is 0.0333. The largest absolute Gasteiger partial charge is 0.325 e. The van der Waals surface area contributed by atoms with Crippen molar-refractivity contribution in [3.63, 3.8) is 0 Å². The van der Waals surface area contributed by atoms with Gasteiger partial charge in [-0.3, -0.25) is 24.5 Å². The van der Waals surface area contributed by atoms with Crippen molar-refractivity contribution in [1.29, 1.82) is 0 Å². The van der Waals surface area contributed by atoms with Crippen molar-refractivity contribution in [2.24, 2.45) is 0 Å². The van der Waals surface area contributed by atoms with E-state index in [0.717, 1.165) is 8.47 Å². The van der Waals surface area contributed by atoms with Crippen LogP contribution < -0.4 is 16.0 Å². The maximum atomic E-state index is 13.3. The molecule has 3 N–H and O–H groups in total. The number of benzene rings is 4. The summed E-state index contributed by atoms with van der Waals surface area (Å²) in [6.45, 7) is 0. The van der Waals surface area contributed by atoms with Crippen molar-refractivity contribution in [3.8, 4) is 0 Å². The molecule has 0 bridgehead atoms. The molecule has 0 saturated carbocycles. The Hall–Kier alpha value is -4.49. The number of rotatable bonds is 10. The molecule has 0 saturated heterocycles. The molecule has 0 heterocycles. The summed E-state index contributed by atoms with van der Waals surface area (Å²) < 4.78 is 1.06. The quantitative estimate of drug-likeness (QED) is 0.0591. The highest BCUT2D eigenvalue weighted by Gasteiger charge is 2.18. The standard InChI is InChI=1S/C30H23IN4O5S/c31-22-13-15-23(16-14-22)32-28(36)19-41-25-11-6-10-24(18-25)33-30(38)26(34-29(37)20-7-2-1-3-8-20)17-21-9-4-5-12-27(21)35(39)40/h1-18H,19H2,(H,32,36)(H,33,38)(H,34,37)/b26-17+. The van der Waals surface area contributed by atoms with Crippen LogP contribution in [0.3, 0.4) is 0 Å². The SMILES string of the molecule is O=C(CSc1cccc(NC(=O)/C(=C\c2ccccc2[N+](=O)[O-])NC(=O)c2ccccc2)c1)Nc1ccc(I)cc1. The first-order chi connectivity index (χ1) is 19.8. The third-order valence-corrected chi connectivity index (χ3v) is 7.26. The molecule has 0 aliphatic rings. The van der Waals surface area contributed by atoms with Crippen molar-refractivity contribution < 1.29 is 19.3 Å². The lowest BCUT2D eigenvalue weighted by molar-refractivity contribution is -0.385. The predicted octanol–water partition coefficient (Wildman–Crippen LogP) is 6.34. The molecule has 3 amide bonds. The Balaban J connectivity index is 1.49. The number of hydrogen-bond acceptors (Lipinski definition) is 6. The van der Waals surface area contributed by atoms with E-state index in [4.69, 9.17) is 0 Å². The monoisotopic (exact) mass is 678 g/mol. The van der Waals surface area contributed by atoms with Crippen LogP contribution in [-0.4, -0.2) is 28.4 Å². The Morgan fingerprint density at radius 3 is 2.27 bits per heavy atom. The maximum absolute atomic E-state index is 13.3. The molecule has 41 heavy (non-hydrogen) atoms. The first-order valence-electron chi connectivity index (χ1n) is 12.2. The van der Waals surface area contributed by atoms with E-state index in [1.807, 2.05) is 24.3 Å². The number of hydrogen-bond donors (Lipinski definition) is 3. The average Bonchev–Trinajstić information content (AvgIpc) is 2.97. The van der Waals surface area contributed by atoms with Crippen molar-refractivity contribution in [2.45, 2.75) is 4.90 Å². The van der Waals surface area contributed by atoms with Gasteiger partial charge in [-0.05, 0) is 89.3 Å². The Bertz CT molecular complexity index is 1610. The number of nitrogens with one attached hydrogen (secondary N) is 3. The molecule has 0 atom stereocenters. The minimum Gasteiger partial charge on any atom is -0.325 e. The molecule has 4 aromatic carbocycles. The Kier molecular flexibility index (Phi) is 10.2. The zero-order valence-electron chi connectivity index (χ0n) is 21.4. The van der Waals surface area contributed by atoms with Crippen LogP contribution in [-0.2, 0) is 9.59 Å². The highest BCUT2D eigenvalue weighted by atomic mass is 127. The first-order valence-corrected chi connectivity index (χ1v) is 14.3. The van der Waals surface area contributed by atoms with Crippen LogP contribution in [0.25, 0.3) is 6.08 Å². The molecular weight excluding hydrogens is 655 g/mol. The van der Waals surface area contributed by atoms with Crippen molar-refractivity contribution in [3.05, 3.63) is 134 Å². The van der Waals surface area contributed by atoms with Gasteiger partial charge in [0.25, 0.3) is 17.5 Å². The molecule has 0 unspecified atom stereocenters. The van der Waals surface area contributed by atoms with Gasteiger partial charge in [0.2, 0.25) is 5.91 Å². The lowest BCUT2D eigenvalue weighted by atomic mass is 10.1. The fourth-order valence-electron chi connectivity index (χ4n) is 3.62. The molecule has 0 fully saturated rings. The molecule has 4 rings (SSSR count). The number of carbonyl (C=O) groups is 3. The second-order valence-electron chi connectivity index (χ2n) is 8.52. The van der Waals surface area contributed by atoms with Gasteiger partial charge in [0.05, 0.1) is 16.2 Å². The van der Waals surface area contributed by atoms with E-state index in [1.54, 1.807) is 60.7 Å². The number of para-hydroxylation sites is 1. The topological polar surface area (TPSA) is 130 Å². The summed E-state index contributed by atoms with van der Waals surface area (Å²) in [5, 5.41) is 19.7. The van der Waals surface area contributed by atoms with Crippen LogP contribution >= 0.6 is 34.4 Å². The fourth-order valence-corrected chi connectivity index (χ4v) is 4.73. The predicted molar refractivity (Wildman–Crippen MR) is 169 cm³/mol. The Morgan fingerprint density at radius 1 is 0.829 bits per heavy atom. The maximum Gasteiger partial charge on any atom is 0.276 e. The van der Waals surface area contributed by atoms with E-state index in [2.05, 4.69) is 38.5 Å². The summed E-state index contributed by atoms with van der Waals surface area (Å²) in [6, 6.07) is 28.6. The van der Waals surface area contributed by atoms with E-state index in [9.17, 15) is 24.5 Å². The van der Waals surface area contributed by atoms with Gasteiger partial charge in [-0.25, -0.2) is 0 Å². The van der Waals surface area contributed by atoms with Gasteiger partial charge in [0.15, 0.2) is 0 Å². The molecule has 0 aromatic heterocycles. The number of anilines is 2. The molecule has 9 nitrogen and oxygen atoms in total.